The molecule has 1 fully saturated rings. The van der Waals surface area contributed by atoms with Gasteiger partial charge in [0.25, 0.3) is 0 Å². The maximum atomic E-state index is 13.2. The molecule has 1 aliphatic rings. The third-order valence-corrected chi connectivity index (χ3v) is 3.34. The molecule has 0 heterocycles. The minimum absolute atomic E-state index is 0.311. The number of aliphatic hydroxyl groups is 1. The first-order chi connectivity index (χ1) is 6.51. The molecule has 1 aliphatic carbocycles. The summed E-state index contributed by atoms with van der Waals surface area (Å²) in [6.45, 7) is 0. The van der Waals surface area contributed by atoms with Crippen LogP contribution in [0.3, 0.4) is 0 Å². The van der Waals surface area contributed by atoms with Gasteiger partial charge in [-0.1, -0.05) is 6.07 Å². The van der Waals surface area contributed by atoms with Crippen LogP contribution >= 0.6 is 15.9 Å². The van der Waals surface area contributed by atoms with E-state index in [4.69, 9.17) is 5.73 Å². The Balaban J connectivity index is 2.29. The summed E-state index contributed by atoms with van der Waals surface area (Å²) >= 11 is 3.08. The van der Waals surface area contributed by atoms with Crippen molar-refractivity contribution in [2.24, 2.45) is 5.73 Å². The van der Waals surface area contributed by atoms with Crippen LogP contribution in [-0.2, 0) is 5.54 Å². The van der Waals surface area contributed by atoms with Crippen LogP contribution in [0.25, 0.3) is 0 Å². The average Bonchev–Trinajstić information content (AvgIpc) is 2.07. The zero-order chi connectivity index (χ0) is 10.3. The summed E-state index contributed by atoms with van der Waals surface area (Å²) in [4.78, 5) is 0. The zero-order valence-corrected chi connectivity index (χ0v) is 9.09. The first-order valence-corrected chi connectivity index (χ1v) is 5.23. The summed E-state index contributed by atoms with van der Waals surface area (Å²) in [5.74, 6) is -0.311. The van der Waals surface area contributed by atoms with Gasteiger partial charge in [0, 0.05) is 5.54 Å². The molecule has 1 aromatic carbocycles. The van der Waals surface area contributed by atoms with Crippen molar-refractivity contribution in [3.63, 3.8) is 0 Å². The van der Waals surface area contributed by atoms with Gasteiger partial charge in [-0.05, 0) is 46.5 Å². The summed E-state index contributed by atoms with van der Waals surface area (Å²) < 4.78 is 13.6. The van der Waals surface area contributed by atoms with Crippen molar-refractivity contribution >= 4 is 15.9 Å². The molecule has 0 atom stereocenters. The van der Waals surface area contributed by atoms with Crippen LogP contribution in [0.1, 0.15) is 18.4 Å². The highest BCUT2D eigenvalue weighted by Gasteiger charge is 2.41. The normalized spacial score (nSPS) is 31.3. The molecule has 3 N–H and O–H groups in total. The molecule has 0 amide bonds. The van der Waals surface area contributed by atoms with Crippen LogP contribution in [-0.4, -0.2) is 11.2 Å². The molecule has 0 radical (unpaired) electrons. The minimum Gasteiger partial charge on any atom is -0.393 e. The maximum Gasteiger partial charge on any atom is 0.137 e. The van der Waals surface area contributed by atoms with Gasteiger partial charge < -0.3 is 10.8 Å². The van der Waals surface area contributed by atoms with E-state index in [1.807, 2.05) is 0 Å². The first-order valence-electron chi connectivity index (χ1n) is 4.44. The monoisotopic (exact) mass is 259 g/mol. The largest absolute Gasteiger partial charge is 0.393 e. The second kappa shape index (κ2) is 3.29. The Morgan fingerprint density at radius 2 is 2.14 bits per heavy atom. The SMILES string of the molecule is NC1(c2ccc(Br)c(F)c2)CC(O)C1. The number of hydrogen-bond acceptors (Lipinski definition) is 2. The summed E-state index contributed by atoms with van der Waals surface area (Å²) in [6, 6.07) is 4.86. The molecule has 0 saturated heterocycles. The Morgan fingerprint density at radius 1 is 1.50 bits per heavy atom. The fraction of sp³-hybridized carbons (Fsp3) is 0.400. The van der Waals surface area contributed by atoms with Crippen molar-refractivity contribution in [2.75, 3.05) is 0 Å². The maximum absolute atomic E-state index is 13.2. The smallest absolute Gasteiger partial charge is 0.137 e. The standard InChI is InChI=1S/C10H11BrFNO/c11-8-2-1-6(3-9(8)12)10(13)4-7(14)5-10/h1-3,7,14H,4-5,13H2. The van der Waals surface area contributed by atoms with Crippen LogP contribution in [0.5, 0.6) is 0 Å². The fourth-order valence-corrected chi connectivity index (χ4v) is 2.07. The third kappa shape index (κ3) is 1.58. The lowest BCUT2D eigenvalue weighted by Crippen LogP contribution is -2.51. The van der Waals surface area contributed by atoms with Crippen LogP contribution in [0, 0.1) is 5.82 Å². The third-order valence-electron chi connectivity index (χ3n) is 2.69. The van der Waals surface area contributed by atoms with E-state index in [1.165, 1.54) is 6.07 Å². The fourth-order valence-electron chi connectivity index (χ4n) is 1.82. The van der Waals surface area contributed by atoms with Gasteiger partial charge in [0.1, 0.15) is 5.82 Å². The van der Waals surface area contributed by atoms with E-state index in [1.54, 1.807) is 12.1 Å². The van der Waals surface area contributed by atoms with E-state index in [2.05, 4.69) is 15.9 Å². The van der Waals surface area contributed by atoms with E-state index in [9.17, 15) is 9.50 Å². The van der Waals surface area contributed by atoms with Crippen molar-refractivity contribution in [3.05, 3.63) is 34.1 Å². The van der Waals surface area contributed by atoms with Gasteiger partial charge in [0.05, 0.1) is 10.6 Å². The second-order valence-electron chi connectivity index (χ2n) is 3.85. The Kier molecular flexibility index (Phi) is 2.37. The molecule has 1 aromatic rings. The number of nitrogens with two attached hydrogens (primary N) is 1. The molecular formula is C10H11BrFNO. The van der Waals surface area contributed by atoms with Gasteiger partial charge in [-0.3, -0.25) is 0 Å². The number of halogens is 2. The van der Waals surface area contributed by atoms with Crippen LogP contribution < -0.4 is 5.73 Å². The van der Waals surface area contributed by atoms with E-state index < -0.39 is 5.54 Å². The molecule has 4 heteroatoms. The van der Waals surface area contributed by atoms with Crippen molar-refractivity contribution < 1.29 is 9.50 Å². The summed E-state index contributed by atoms with van der Waals surface area (Å²) in [5.41, 5.74) is 6.20. The quantitative estimate of drug-likeness (QED) is 0.810. The summed E-state index contributed by atoms with van der Waals surface area (Å²) in [5, 5.41) is 9.19. The van der Waals surface area contributed by atoms with Crippen molar-refractivity contribution in [2.45, 2.75) is 24.5 Å². The first kappa shape index (κ1) is 10.1. The van der Waals surface area contributed by atoms with Gasteiger partial charge in [0.2, 0.25) is 0 Å². The van der Waals surface area contributed by atoms with E-state index in [-0.39, 0.29) is 11.9 Å². The summed E-state index contributed by atoms with van der Waals surface area (Å²) in [7, 11) is 0. The van der Waals surface area contributed by atoms with Crippen LogP contribution in [0.15, 0.2) is 22.7 Å². The van der Waals surface area contributed by atoms with Gasteiger partial charge in [0.15, 0.2) is 0 Å². The Hall–Kier alpha value is -0.450. The molecule has 76 valence electrons. The van der Waals surface area contributed by atoms with Gasteiger partial charge in [-0.2, -0.15) is 0 Å². The molecule has 0 spiro atoms. The molecule has 14 heavy (non-hydrogen) atoms. The highest BCUT2D eigenvalue weighted by atomic mass is 79.9. The lowest BCUT2D eigenvalue weighted by Gasteiger charge is -2.42. The van der Waals surface area contributed by atoms with E-state index in [0.29, 0.717) is 17.3 Å². The Morgan fingerprint density at radius 3 is 2.64 bits per heavy atom. The zero-order valence-electron chi connectivity index (χ0n) is 7.50. The number of aliphatic hydroxyl groups excluding tert-OH is 1. The minimum atomic E-state index is -0.541. The number of rotatable bonds is 1. The topological polar surface area (TPSA) is 46.2 Å². The molecule has 1 saturated carbocycles. The van der Waals surface area contributed by atoms with Crippen LogP contribution in [0.2, 0.25) is 0 Å². The predicted octanol–water partition coefficient (Wildman–Crippen LogP) is 1.90. The van der Waals surface area contributed by atoms with E-state index >= 15 is 0 Å². The average molecular weight is 260 g/mol. The molecule has 2 nitrogen and oxygen atoms in total. The lowest BCUT2D eigenvalue weighted by molar-refractivity contribution is 0.0208. The molecule has 0 unspecified atom stereocenters. The highest BCUT2D eigenvalue weighted by Crippen LogP contribution is 2.39. The number of benzene rings is 1. The molecule has 2 rings (SSSR count). The Labute approximate surface area is 90.1 Å². The molecule has 0 bridgehead atoms. The van der Waals surface area contributed by atoms with Crippen molar-refractivity contribution in [3.8, 4) is 0 Å². The van der Waals surface area contributed by atoms with Crippen LogP contribution in [0.4, 0.5) is 4.39 Å². The predicted molar refractivity (Wildman–Crippen MR) is 55.2 cm³/mol. The van der Waals surface area contributed by atoms with Gasteiger partial charge in [-0.15, -0.1) is 0 Å². The van der Waals surface area contributed by atoms with Gasteiger partial charge in [-0.25, -0.2) is 4.39 Å². The molecule has 0 aliphatic heterocycles. The van der Waals surface area contributed by atoms with E-state index in [0.717, 1.165) is 5.56 Å². The molecule has 0 aromatic heterocycles. The van der Waals surface area contributed by atoms with Crippen molar-refractivity contribution in [1.29, 1.82) is 0 Å². The lowest BCUT2D eigenvalue weighted by atomic mass is 9.71. The molecular weight excluding hydrogens is 249 g/mol. The van der Waals surface area contributed by atoms with Crippen molar-refractivity contribution in [1.82, 2.24) is 0 Å². The Bertz CT molecular complexity index is 363. The highest BCUT2D eigenvalue weighted by molar-refractivity contribution is 9.10. The number of hydrogen-bond donors (Lipinski definition) is 2. The van der Waals surface area contributed by atoms with Gasteiger partial charge >= 0.3 is 0 Å². The second-order valence-corrected chi connectivity index (χ2v) is 4.70. The summed E-state index contributed by atoms with van der Waals surface area (Å²) in [6.07, 6.45) is 0.675.